The highest BCUT2D eigenvalue weighted by atomic mass is 32.1. The molecule has 1 aliphatic rings. The minimum atomic E-state index is -0.165. The fourth-order valence-electron chi connectivity index (χ4n) is 4.88. The first-order chi connectivity index (χ1) is 18.8. The van der Waals surface area contributed by atoms with Gasteiger partial charge in [-0.2, -0.15) is 5.10 Å². The van der Waals surface area contributed by atoms with Crippen LogP contribution in [0.1, 0.15) is 25.5 Å². The number of likely N-dealkylation sites (tertiary alicyclic amines) is 1. The van der Waals surface area contributed by atoms with Gasteiger partial charge in [0.05, 0.1) is 41.2 Å². The topological polar surface area (TPSA) is 133 Å². The summed E-state index contributed by atoms with van der Waals surface area (Å²) in [5.41, 5.74) is 10.8. The molecule has 1 saturated heterocycles. The maximum absolute atomic E-state index is 12.4. The molecule has 4 aromatic heterocycles. The number of aryl methyl sites for hydroxylation is 1. The third kappa shape index (κ3) is 6.65. The van der Waals surface area contributed by atoms with Crippen LogP contribution in [0.25, 0.3) is 16.9 Å². The number of amides is 1. The Balaban J connectivity index is 1.29. The first kappa shape index (κ1) is 26.4. The number of fused-ring (bicyclic) bond motifs is 1. The van der Waals surface area contributed by atoms with Crippen LogP contribution in [0.3, 0.4) is 0 Å². The van der Waals surface area contributed by atoms with Crippen molar-refractivity contribution in [3.63, 3.8) is 0 Å². The molecule has 202 valence electrons. The molecule has 1 amide bonds. The number of nitrogens with two attached hydrogens (primary N) is 1. The highest BCUT2D eigenvalue weighted by Gasteiger charge is 2.19. The predicted molar refractivity (Wildman–Crippen MR) is 154 cm³/mol. The van der Waals surface area contributed by atoms with Crippen molar-refractivity contribution in [2.45, 2.75) is 33.2 Å². The van der Waals surface area contributed by atoms with Crippen molar-refractivity contribution in [3.05, 3.63) is 66.8 Å². The number of pyridine rings is 1. The first-order valence-electron chi connectivity index (χ1n) is 13.0. The molecule has 5 heterocycles. The number of aromatic amines is 1. The first-order valence-corrected chi connectivity index (χ1v) is 13.4. The second-order valence-electron chi connectivity index (χ2n) is 10.0. The molecule has 1 fully saturated rings. The maximum atomic E-state index is 12.4. The summed E-state index contributed by atoms with van der Waals surface area (Å²) in [5, 5.41) is 9.16. The Bertz CT molecular complexity index is 1510. The molecule has 0 radical (unpaired) electrons. The number of carbonyl (C=O) groups excluding carboxylic acids is 1. The molecule has 1 unspecified atom stereocenters. The van der Waals surface area contributed by atoms with Crippen molar-refractivity contribution >= 4 is 40.3 Å². The van der Waals surface area contributed by atoms with Crippen molar-refractivity contribution < 1.29 is 9.48 Å². The highest BCUT2D eigenvalue weighted by Crippen LogP contribution is 2.23. The summed E-state index contributed by atoms with van der Waals surface area (Å²) in [6, 6.07) is 3.56. The predicted octanol–water partition coefficient (Wildman–Crippen LogP) is 2.67. The molecule has 5 N–H and O–H groups in total. The molecule has 12 heteroatoms. The Morgan fingerprint density at radius 2 is 2.23 bits per heavy atom. The molecule has 0 spiro atoms. The van der Waals surface area contributed by atoms with Gasteiger partial charge in [-0.15, -0.1) is 4.68 Å². The van der Waals surface area contributed by atoms with E-state index in [9.17, 15) is 4.79 Å². The van der Waals surface area contributed by atoms with Crippen LogP contribution >= 0.6 is 12.2 Å². The van der Waals surface area contributed by atoms with Crippen molar-refractivity contribution in [1.29, 1.82) is 0 Å². The molecular weight excluding hydrogens is 512 g/mol. The molecule has 0 bridgehead atoms. The van der Waals surface area contributed by atoms with Gasteiger partial charge in [-0.05, 0) is 50.4 Å². The van der Waals surface area contributed by atoms with Crippen LogP contribution in [-0.2, 0) is 11.3 Å². The van der Waals surface area contributed by atoms with E-state index in [1.54, 1.807) is 41.5 Å². The second-order valence-corrected chi connectivity index (χ2v) is 10.5. The van der Waals surface area contributed by atoms with Crippen LogP contribution in [-0.4, -0.2) is 59.9 Å². The minimum absolute atomic E-state index is 0.122. The average Bonchev–Trinajstić information content (AvgIpc) is 3.51. The van der Waals surface area contributed by atoms with Crippen LogP contribution in [0.4, 0.5) is 11.5 Å². The molecule has 4 aromatic rings. The van der Waals surface area contributed by atoms with Crippen LogP contribution < -0.4 is 21.0 Å². The molecule has 39 heavy (non-hydrogen) atoms. The summed E-state index contributed by atoms with van der Waals surface area (Å²) >= 11 is 5.59. The number of rotatable bonds is 8. The Morgan fingerprint density at radius 1 is 1.36 bits per heavy atom. The van der Waals surface area contributed by atoms with Crippen LogP contribution in [0.2, 0.25) is 0 Å². The van der Waals surface area contributed by atoms with Crippen molar-refractivity contribution in [1.82, 2.24) is 29.4 Å². The van der Waals surface area contributed by atoms with E-state index in [1.807, 2.05) is 29.9 Å². The lowest BCUT2D eigenvalue weighted by molar-refractivity contribution is -0.737. The maximum Gasteiger partial charge on any atom is 0.292 e. The average molecular weight is 546 g/mol. The minimum Gasteiger partial charge on any atom is -0.401 e. The van der Waals surface area contributed by atoms with E-state index < -0.39 is 0 Å². The highest BCUT2D eigenvalue weighted by molar-refractivity contribution is 7.81. The lowest BCUT2D eigenvalue weighted by Crippen LogP contribution is -2.41. The van der Waals surface area contributed by atoms with Gasteiger partial charge >= 0.3 is 0 Å². The van der Waals surface area contributed by atoms with Crippen LogP contribution in [0.5, 0.6) is 0 Å². The fraction of sp³-hybridized carbons (Fsp3) is 0.333. The molecular formula is C27H33N10OS+. The van der Waals surface area contributed by atoms with Gasteiger partial charge in [0.2, 0.25) is 12.7 Å². The van der Waals surface area contributed by atoms with E-state index in [4.69, 9.17) is 18.0 Å². The summed E-state index contributed by atoms with van der Waals surface area (Å²) in [4.78, 5) is 28.6. The normalized spacial score (nSPS) is 16.4. The SMILES string of the molecule is Cc1cn2c(-c3c[nH][n+](CC(=O)Nc4cccnc4)c3)cnc2c(NC(=S)C=C(N)CN2CCCC(C)C2)n1. The van der Waals surface area contributed by atoms with E-state index in [1.165, 1.54) is 12.8 Å². The monoisotopic (exact) mass is 545 g/mol. The number of carbonyl (C=O) groups is 1. The number of anilines is 2. The molecule has 11 nitrogen and oxygen atoms in total. The van der Waals surface area contributed by atoms with Gasteiger partial charge in [0.1, 0.15) is 4.99 Å². The van der Waals surface area contributed by atoms with E-state index in [0.717, 1.165) is 35.7 Å². The van der Waals surface area contributed by atoms with E-state index in [2.05, 4.69) is 42.5 Å². The fourth-order valence-corrected chi connectivity index (χ4v) is 5.13. The summed E-state index contributed by atoms with van der Waals surface area (Å²) < 4.78 is 3.66. The smallest absolute Gasteiger partial charge is 0.292 e. The molecule has 5 rings (SSSR count). The van der Waals surface area contributed by atoms with Gasteiger partial charge in [0, 0.05) is 31.2 Å². The molecule has 0 saturated carbocycles. The number of imidazole rings is 1. The van der Waals surface area contributed by atoms with Crippen molar-refractivity contribution in [2.24, 2.45) is 11.7 Å². The summed E-state index contributed by atoms with van der Waals surface area (Å²) in [6.07, 6.45) is 14.9. The van der Waals surface area contributed by atoms with Crippen molar-refractivity contribution in [2.75, 3.05) is 30.3 Å². The number of hydrogen-bond acceptors (Lipinski definition) is 7. The number of piperidine rings is 1. The summed E-state index contributed by atoms with van der Waals surface area (Å²) in [6.45, 7) is 7.13. The Kier molecular flexibility index (Phi) is 7.94. The molecule has 0 aromatic carbocycles. The Labute approximate surface area is 232 Å². The number of thiocarbonyl (C=S) groups is 1. The summed E-state index contributed by atoms with van der Waals surface area (Å²) in [7, 11) is 0. The van der Waals surface area contributed by atoms with Crippen molar-refractivity contribution in [3.8, 4) is 11.3 Å². The second kappa shape index (κ2) is 11.7. The lowest BCUT2D eigenvalue weighted by Gasteiger charge is -2.30. The molecule has 1 aliphatic heterocycles. The van der Waals surface area contributed by atoms with Gasteiger partial charge in [0.15, 0.2) is 11.5 Å². The lowest BCUT2D eigenvalue weighted by atomic mass is 10.0. The number of nitrogens with zero attached hydrogens (tertiary/aromatic N) is 6. The van der Waals surface area contributed by atoms with Gasteiger partial charge in [0.25, 0.3) is 5.91 Å². The largest absolute Gasteiger partial charge is 0.401 e. The third-order valence-corrected chi connectivity index (χ3v) is 6.77. The van der Waals surface area contributed by atoms with Gasteiger partial charge < -0.3 is 16.4 Å². The quantitative estimate of drug-likeness (QED) is 0.151. The van der Waals surface area contributed by atoms with Crippen LogP contribution in [0, 0.1) is 12.8 Å². The number of aromatic nitrogens is 6. The Morgan fingerprint density at radius 3 is 3.03 bits per heavy atom. The standard InChI is InChI=1S/C27H32N10OS/c1-18-5-4-8-35(13-18)16-21(28)9-25(39)34-26-27-30-12-23(37(27)14-19(2)32-26)20-10-31-36(15-20)17-24(38)33-22-6-3-7-29-11-22/h3,6-7,9-12,14-15,18H,4-5,8,13,16-17H2,1-2H3,(H4,28,32,33,34,38,39)/p+1. The number of nitrogens with one attached hydrogen (secondary N) is 3. The van der Waals surface area contributed by atoms with E-state index in [-0.39, 0.29) is 12.5 Å². The molecule has 0 aliphatic carbocycles. The number of hydrogen-bond donors (Lipinski definition) is 4. The Hall–Kier alpha value is -4.16. The van der Waals surface area contributed by atoms with E-state index >= 15 is 0 Å². The van der Waals surface area contributed by atoms with Gasteiger partial charge in [-0.25, -0.2) is 9.97 Å². The zero-order chi connectivity index (χ0) is 27.4. The zero-order valence-electron chi connectivity index (χ0n) is 22.1. The zero-order valence-corrected chi connectivity index (χ0v) is 22.9. The van der Waals surface area contributed by atoms with Gasteiger partial charge in [-0.3, -0.25) is 19.1 Å². The van der Waals surface area contributed by atoms with Gasteiger partial charge in [-0.1, -0.05) is 19.1 Å². The number of H-pyrrole nitrogens is 1. The third-order valence-electron chi connectivity index (χ3n) is 6.55. The molecule has 1 atom stereocenters. The summed E-state index contributed by atoms with van der Waals surface area (Å²) in [5.74, 6) is 1.08. The van der Waals surface area contributed by atoms with E-state index in [0.29, 0.717) is 34.6 Å². The van der Waals surface area contributed by atoms with Crippen LogP contribution in [0.15, 0.2) is 61.1 Å².